The molecule has 3 aromatic rings. The van der Waals surface area contributed by atoms with Gasteiger partial charge in [0.15, 0.2) is 0 Å². The zero-order valence-electron chi connectivity index (χ0n) is 16.0. The van der Waals surface area contributed by atoms with Gasteiger partial charge in [-0.05, 0) is 24.3 Å². The van der Waals surface area contributed by atoms with Gasteiger partial charge in [-0.15, -0.1) is 0 Å². The largest absolute Gasteiger partial charge is 0.489 e. The maximum atomic E-state index is 14.0. The van der Waals surface area contributed by atoms with Crippen molar-refractivity contribution in [2.75, 3.05) is 13.6 Å². The summed E-state index contributed by atoms with van der Waals surface area (Å²) in [5.74, 6) is 1.47. The van der Waals surface area contributed by atoms with Crippen LogP contribution in [0.5, 0.6) is 5.75 Å². The molecule has 1 unspecified atom stereocenters. The van der Waals surface area contributed by atoms with Crippen LogP contribution in [0.4, 0.5) is 4.39 Å². The molecule has 29 heavy (non-hydrogen) atoms. The van der Waals surface area contributed by atoms with E-state index in [4.69, 9.17) is 16.3 Å². The predicted octanol–water partition coefficient (Wildman–Crippen LogP) is 4.40. The minimum Gasteiger partial charge on any atom is -0.489 e. The van der Waals surface area contributed by atoms with Crippen LogP contribution < -0.4 is 4.74 Å². The Hall–Kier alpha value is -2.86. The minimum atomic E-state index is -0.389. The molecule has 0 radical (unpaired) electrons. The van der Waals surface area contributed by atoms with Gasteiger partial charge in [0.25, 0.3) is 0 Å². The first-order valence-electron chi connectivity index (χ1n) is 9.42. The standard InChI is InChI=1S/C22H21ClFN3O2/c1-26-12-15(10-21(26)28)13-27-9-8-25-22(27)16-4-2-5-17(11-16)29-14-18-19(23)6-3-7-20(18)24/h2-9,11,15H,10,12-14H2,1H3. The number of likely N-dealkylation sites (tertiary alicyclic amines) is 1. The second-order valence-electron chi connectivity index (χ2n) is 7.26. The second-order valence-corrected chi connectivity index (χ2v) is 7.67. The average Bonchev–Trinajstić information content (AvgIpc) is 3.28. The predicted molar refractivity (Wildman–Crippen MR) is 109 cm³/mol. The molecular formula is C22H21ClFN3O2. The smallest absolute Gasteiger partial charge is 0.222 e. The van der Waals surface area contributed by atoms with Gasteiger partial charge in [-0.1, -0.05) is 29.8 Å². The van der Waals surface area contributed by atoms with Gasteiger partial charge in [0.05, 0.1) is 5.02 Å². The fraction of sp³-hybridized carbons (Fsp3) is 0.273. The van der Waals surface area contributed by atoms with Crippen LogP contribution in [0.2, 0.25) is 5.02 Å². The van der Waals surface area contributed by atoms with Crippen molar-refractivity contribution in [1.82, 2.24) is 14.5 Å². The van der Waals surface area contributed by atoms with Gasteiger partial charge in [0.1, 0.15) is 24.0 Å². The summed E-state index contributed by atoms with van der Waals surface area (Å²) in [5.41, 5.74) is 1.22. The van der Waals surface area contributed by atoms with Crippen molar-refractivity contribution in [3.05, 3.63) is 71.3 Å². The highest BCUT2D eigenvalue weighted by Crippen LogP contribution is 2.27. The lowest BCUT2D eigenvalue weighted by Crippen LogP contribution is -2.20. The average molecular weight is 414 g/mol. The van der Waals surface area contributed by atoms with E-state index in [2.05, 4.69) is 9.55 Å². The molecule has 4 rings (SSSR count). The summed E-state index contributed by atoms with van der Waals surface area (Å²) in [5, 5.41) is 0.341. The first-order valence-corrected chi connectivity index (χ1v) is 9.80. The molecule has 0 saturated carbocycles. The van der Waals surface area contributed by atoms with E-state index in [1.54, 1.807) is 23.2 Å². The van der Waals surface area contributed by atoms with Crippen LogP contribution in [-0.2, 0) is 17.9 Å². The molecule has 0 aliphatic carbocycles. The van der Waals surface area contributed by atoms with Crippen molar-refractivity contribution in [2.24, 2.45) is 5.92 Å². The van der Waals surface area contributed by atoms with Crippen LogP contribution in [-0.4, -0.2) is 34.0 Å². The molecule has 0 N–H and O–H groups in total. The number of aromatic nitrogens is 2. The van der Waals surface area contributed by atoms with Crippen LogP contribution in [0.1, 0.15) is 12.0 Å². The molecule has 2 aromatic carbocycles. The summed E-state index contributed by atoms with van der Waals surface area (Å²) in [6, 6.07) is 12.1. The van der Waals surface area contributed by atoms with Crippen molar-refractivity contribution in [3.8, 4) is 17.1 Å². The Morgan fingerprint density at radius 2 is 2.10 bits per heavy atom. The van der Waals surface area contributed by atoms with Crippen LogP contribution in [0, 0.1) is 11.7 Å². The highest BCUT2D eigenvalue weighted by atomic mass is 35.5. The number of hydrogen-bond acceptors (Lipinski definition) is 3. The maximum Gasteiger partial charge on any atom is 0.222 e. The molecule has 0 bridgehead atoms. The zero-order valence-corrected chi connectivity index (χ0v) is 16.8. The Morgan fingerprint density at radius 1 is 1.28 bits per heavy atom. The van der Waals surface area contributed by atoms with Crippen LogP contribution >= 0.6 is 11.6 Å². The number of imidazole rings is 1. The molecule has 1 amide bonds. The fourth-order valence-electron chi connectivity index (χ4n) is 3.62. The van der Waals surface area contributed by atoms with E-state index in [0.717, 1.165) is 24.5 Å². The SMILES string of the molecule is CN1CC(Cn2ccnc2-c2cccc(OCc3c(F)cccc3Cl)c2)CC1=O. The molecular weight excluding hydrogens is 393 g/mol. The molecule has 5 nitrogen and oxygen atoms in total. The number of amides is 1. The lowest BCUT2D eigenvalue weighted by molar-refractivity contribution is -0.126. The summed E-state index contributed by atoms with van der Waals surface area (Å²) in [6.07, 6.45) is 4.23. The Morgan fingerprint density at radius 3 is 2.86 bits per heavy atom. The number of carbonyl (C=O) groups excluding carboxylic acids is 1. The van der Waals surface area contributed by atoms with Crippen molar-refractivity contribution >= 4 is 17.5 Å². The van der Waals surface area contributed by atoms with Gasteiger partial charge in [-0.2, -0.15) is 0 Å². The molecule has 1 fully saturated rings. The number of benzene rings is 2. The van der Waals surface area contributed by atoms with E-state index in [1.165, 1.54) is 6.07 Å². The van der Waals surface area contributed by atoms with Gasteiger partial charge >= 0.3 is 0 Å². The molecule has 0 spiro atoms. The highest BCUT2D eigenvalue weighted by molar-refractivity contribution is 6.31. The molecule has 150 valence electrons. The number of halogens is 2. The van der Waals surface area contributed by atoms with Crippen LogP contribution in [0.3, 0.4) is 0 Å². The lowest BCUT2D eigenvalue weighted by atomic mass is 10.1. The maximum absolute atomic E-state index is 14.0. The molecule has 1 saturated heterocycles. The van der Waals surface area contributed by atoms with E-state index in [9.17, 15) is 9.18 Å². The number of carbonyl (C=O) groups is 1. The Bertz CT molecular complexity index is 1020. The van der Waals surface area contributed by atoms with Crippen molar-refractivity contribution < 1.29 is 13.9 Å². The van der Waals surface area contributed by atoms with E-state index in [-0.39, 0.29) is 24.2 Å². The van der Waals surface area contributed by atoms with Gasteiger partial charge < -0.3 is 14.2 Å². The second kappa shape index (κ2) is 8.25. The third-order valence-corrected chi connectivity index (χ3v) is 5.48. The summed E-state index contributed by atoms with van der Waals surface area (Å²) < 4.78 is 21.8. The summed E-state index contributed by atoms with van der Waals surface area (Å²) >= 11 is 6.07. The van der Waals surface area contributed by atoms with Gasteiger partial charge in [0.2, 0.25) is 5.91 Å². The van der Waals surface area contributed by atoms with Gasteiger partial charge in [-0.25, -0.2) is 9.37 Å². The van der Waals surface area contributed by atoms with E-state index < -0.39 is 0 Å². The fourth-order valence-corrected chi connectivity index (χ4v) is 3.84. The van der Waals surface area contributed by atoms with Crippen LogP contribution in [0.15, 0.2) is 54.9 Å². The number of nitrogens with zero attached hydrogens (tertiary/aromatic N) is 3. The quantitative estimate of drug-likeness (QED) is 0.601. The topological polar surface area (TPSA) is 47.4 Å². The monoisotopic (exact) mass is 413 g/mol. The molecule has 7 heteroatoms. The number of ether oxygens (including phenoxy) is 1. The van der Waals surface area contributed by atoms with E-state index >= 15 is 0 Å². The Labute approximate surface area is 173 Å². The summed E-state index contributed by atoms with van der Waals surface area (Å²) in [4.78, 5) is 18.0. The zero-order chi connectivity index (χ0) is 20.4. The molecule has 1 aromatic heterocycles. The normalized spacial score (nSPS) is 16.4. The third kappa shape index (κ3) is 4.27. The van der Waals surface area contributed by atoms with E-state index in [1.807, 2.05) is 37.5 Å². The number of hydrogen-bond donors (Lipinski definition) is 0. The lowest BCUT2D eigenvalue weighted by Gasteiger charge is -2.14. The van der Waals surface area contributed by atoms with E-state index in [0.29, 0.717) is 22.8 Å². The first-order chi connectivity index (χ1) is 14.0. The Kier molecular flexibility index (Phi) is 5.53. The van der Waals surface area contributed by atoms with Crippen molar-refractivity contribution in [1.29, 1.82) is 0 Å². The molecule has 1 atom stereocenters. The highest BCUT2D eigenvalue weighted by Gasteiger charge is 2.27. The molecule has 1 aliphatic rings. The third-order valence-electron chi connectivity index (χ3n) is 5.13. The van der Waals surface area contributed by atoms with Gasteiger partial charge in [-0.3, -0.25) is 4.79 Å². The number of rotatable bonds is 6. The first kappa shape index (κ1) is 19.5. The summed E-state index contributed by atoms with van der Waals surface area (Å²) in [6.45, 7) is 1.52. The molecule has 1 aliphatic heterocycles. The van der Waals surface area contributed by atoms with Crippen molar-refractivity contribution in [2.45, 2.75) is 19.6 Å². The Balaban J connectivity index is 1.50. The van der Waals surface area contributed by atoms with Crippen molar-refractivity contribution in [3.63, 3.8) is 0 Å². The summed E-state index contributed by atoms with van der Waals surface area (Å²) in [7, 11) is 1.83. The van der Waals surface area contributed by atoms with Crippen LogP contribution in [0.25, 0.3) is 11.4 Å². The minimum absolute atomic E-state index is 0.0416. The molecule has 2 heterocycles. The van der Waals surface area contributed by atoms with Gasteiger partial charge in [0, 0.05) is 56.0 Å².